The first-order chi connectivity index (χ1) is 13.0. The molecule has 5 nitrogen and oxygen atoms in total. The summed E-state index contributed by atoms with van der Waals surface area (Å²) in [6, 6.07) is 9.04. The van der Waals surface area contributed by atoms with Gasteiger partial charge in [-0.2, -0.15) is 0 Å². The molecule has 6 heteroatoms. The number of Topliss-reactive ketones (excluding diaryl/α,β-unsaturated/α-hetero) is 1. The molecule has 0 aliphatic carbocycles. The molecule has 3 N–H and O–H groups in total. The quantitative estimate of drug-likeness (QED) is 0.670. The Kier molecular flexibility index (Phi) is 4.68. The average Bonchev–Trinajstić information content (AvgIpc) is 2.97. The lowest BCUT2D eigenvalue weighted by molar-refractivity contribution is -1.01. The second-order valence-electron chi connectivity index (χ2n) is 7.32. The number of carbonyl (C=O) groups excluding carboxylic acids is 1. The number of phenols is 1. The van der Waals surface area contributed by atoms with Crippen LogP contribution in [0.25, 0.3) is 6.08 Å². The van der Waals surface area contributed by atoms with E-state index in [1.54, 1.807) is 30.3 Å². The number of allylic oxidation sites excluding steroid dienone is 1. The lowest BCUT2D eigenvalue weighted by Crippen LogP contribution is -3.26. The van der Waals surface area contributed by atoms with Crippen LogP contribution in [-0.2, 0) is 6.54 Å². The molecule has 2 aliphatic heterocycles. The summed E-state index contributed by atoms with van der Waals surface area (Å²) in [6.07, 6.45) is 1.61. The number of likely N-dealkylation sites (N-methyl/N-ethyl adjacent to an activating group) is 1. The van der Waals surface area contributed by atoms with Crippen molar-refractivity contribution in [3.05, 3.63) is 64.7 Å². The summed E-state index contributed by atoms with van der Waals surface area (Å²) in [5.74, 6) is 0.258. The maximum absolute atomic E-state index is 13.1. The number of ether oxygens (including phenoxy) is 1. The SMILES string of the molecule is C[NH+]1CC[NH+](Cc2c(O)ccc3c2OC(=Cc2ccc(F)cc2)C3=O)CC1. The molecule has 0 spiro atoms. The van der Waals surface area contributed by atoms with Crippen LogP contribution in [0.4, 0.5) is 4.39 Å². The maximum Gasteiger partial charge on any atom is 0.231 e. The molecule has 1 fully saturated rings. The van der Waals surface area contributed by atoms with Crippen molar-refractivity contribution in [2.24, 2.45) is 0 Å². The van der Waals surface area contributed by atoms with Gasteiger partial charge in [0.25, 0.3) is 0 Å². The molecule has 2 aromatic carbocycles. The fraction of sp³-hybridized carbons (Fsp3) is 0.286. The Bertz CT molecular complexity index is 900. The van der Waals surface area contributed by atoms with Crippen LogP contribution in [-0.4, -0.2) is 44.1 Å². The van der Waals surface area contributed by atoms with Gasteiger partial charge in [-0.3, -0.25) is 4.79 Å². The molecule has 2 aliphatic rings. The minimum Gasteiger partial charge on any atom is -0.507 e. The summed E-state index contributed by atoms with van der Waals surface area (Å²) in [5.41, 5.74) is 1.83. The van der Waals surface area contributed by atoms with Gasteiger partial charge in [0.05, 0.1) is 18.2 Å². The van der Waals surface area contributed by atoms with E-state index in [1.807, 2.05) is 0 Å². The zero-order valence-corrected chi connectivity index (χ0v) is 15.2. The number of nitrogens with one attached hydrogen (secondary N) is 2. The Morgan fingerprint density at radius 1 is 1.11 bits per heavy atom. The fourth-order valence-corrected chi connectivity index (χ4v) is 3.64. The zero-order valence-electron chi connectivity index (χ0n) is 15.2. The molecule has 0 aromatic heterocycles. The Hall–Kier alpha value is -2.70. The van der Waals surface area contributed by atoms with Gasteiger partial charge in [0.2, 0.25) is 5.78 Å². The van der Waals surface area contributed by atoms with Crippen LogP contribution < -0.4 is 14.5 Å². The summed E-state index contributed by atoms with van der Waals surface area (Å²) in [4.78, 5) is 15.6. The Morgan fingerprint density at radius 3 is 2.52 bits per heavy atom. The molecule has 140 valence electrons. The van der Waals surface area contributed by atoms with Gasteiger partial charge in [-0.1, -0.05) is 12.1 Å². The van der Waals surface area contributed by atoms with Crippen molar-refractivity contribution in [2.75, 3.05) is 33.2 Å². The van der Waals surface area contributed by atoms with Gasteiger partial charge >= 0.3 is 0 Å². The summed E-state index contributed by atoms with van der Waals surface area (Å²) in [5, 5.41) is 10.4. The number of quaternary nitrogens is 2. The standard InChI is InChI=1S/C21H21FN2O3/c1-23-8-10-24(11-9-23)13-17-18(25)7-6-16-20(26)19(27-21(16)17)12-14-2-4-15(22)5-3-14/h2-7,12,25H,8-11,13H2,1H3/p+2. The van der Waals surface area contributed by atoms with Crippen molar-refractivity contribution in [3.8, 4) is 11.5 Å². The topological polar surface area (TPSA) is 55.4 Å². The van der Waals surface area contributed by atoms with E-state index in [0.29, 0.717) is 29.0 Å². The number of halogens is 1. The molecule has 27 heavy (non-hydrogen) atoms. The summed E-state index contributed by atoms with van der Waals surface area (Å²) < 4.78 is 19.0. The molecule has 1 saturated heterocycles. The number of fused-ring (bicyclic) bond motifs is 1. The van der Waals surface area contributed by atoms with E-state index in [1.165, 1.54) is 21.9 Å². The van der Waals surface area contributed by atoms with E-state index in [2.05, 4.69) is 7.05 Å². The molecule has 0 saturated carbocycles. The zero-order chi connectivity index (χ0) is 19.0. The van der Waals surface area contributed by atoms with Crippen LogP contribution in [0.15, 0.2) is 42.2 Å². The number of aromatic hydroxyl groups is 1. The van der Waals surface area contributed by atoms with Crippen LogP contribution in [0.2, 0.25) is 0 Å². The predicted molar refractivity (Wildman–Crippen MR) is 98.5 cm³/mol. The number of rotatable bonds is 3. The van der Waals surface area contributed by atoms with Crippen molar-refractivity contribution >= 4 is 11.9 Å². The summed E-state index contributed by atoms with van der Waals surface area (Å²) in [6.45, 7) is 4.82. The molecule has 4 rings (SSSR count). The normalized spacial score (nSPS) is 23.3. The highest BCUT2D eigenvalue weighted by Crippen LogP contribution is 2.39. The molecular formula is C21H23FN2O3+2. The van der Waals surface area contributed by atoms with Crippen LogP contribution >= 0.6 is 0 Å². The average molecular weight is 370 g/mol. The van der Waals surface area contributed by atoms with E-state index >= 15 is 0 Å². The second-order valence-corrected chi connectivity index (χ2v) is 7.32. The molecule has 0 radical (unpaired) electrons. The molecule has 0 unspecified atom stereocenters. The van der Waals surface area contributed by atoms with Crippen LogP contribution in [0, 0.1) is 5.82 Å². The molecule has 0 amide bonds. The van der Waals surface area contributed by atoms with E-state index in [9.17, 15) is 14.3 Å². The number of hydrogen-bond donors (Lipinski definition) is 3. The number of piperazine rings is 1. The fourth-order valence-electron chi connectivity index (χ4n) is 3.64. The van der Waals surface area contributed by atoms with Crippen LogP contribution in [0.1, 0.15) is 21.5 Å². The van der Waals surface area contributed by atoms with Crippen molar-refractivity contribution in [2.45, 2.75) is 6.54 Å². The van der Waals surface area contributed by atoms with Crippen molar-refractivity contribution in [1.82, 2.24) is 0 Å². The minimum atomic E-state index is -0.330. The highest BCUT2D eigenvalue weighted by Gasteiger charge is 2.33. The van der Waals surface area contributed by atoms with Gasteiger partial charge in [0.15, 0.2) is 11.5 Å². The number of carbonyl (C=O) groups is 1. The monoisotopic (exact) mass is 370 g/mol. The maximum atomic E-state index is 13.1. The first-order valence-electron chi connectivity index (χ1n) is 9.21. The number of benzene rings is 2. The van der Waals surface area contributed by atoms with Crippen LogP contribution in [0.5, 0.6) is 11.5 Å². The third-order valence-corrected chi connectivity index (χ3v) is 5.32. The largest absolute Gasteiger partial charge is 0.507 e. The number of ketones is 1. The highest BCUT2D eigenvalue weighted by atomic mass is 19.1. The Labute approximate surface area is 157 Å². The van der Waals surface area contributed by atoms with Gasteiger partial charge in [0, 0.05) is 0 Å². The van der Waals surface area contributed by atoms with E-state index < -0.39 is 0 Å². The Balaban J connectivity index is 1.61. The minimum absolute atomic E-state index is 0.156. The third-order valence-electron chi connectivity index (χ3n) is 5.32. The van der Waals surface area contributed by atoms with Gasteiger partial charge in [0.1, 0.15) is 44.3 Å². The summed E-state index contributed by atoms with van der Waals surface area (Å²) >= 11 is 0. The highest BCUT2D eigenvalue weighted by molar-refractivity contribution is 6.14. The van der Waals surface area contributed by atoms with Crippen LogP contribution in [0.3, 0.4) is 0 Å². The number of phenolic OH excluding ortho intramolecular Hbond substituents is 1. The number of hydrogen-bond acceptors (Lipinski definition) is 3. The molecule has 2 heterocycles. The lowest BCUT2D eigenvalue weighted by Gasteiger charge is -2.27. The van der Waals surface area contributed by atoms with Gasteiger partial charge < -0.3 is 19.6 Å². The van der Waals surface area contributed by atoms with Crippen molar-refractivity contribution in [1.29, 1.82) is 0 Å². The van der Waals surface area contributed by atoms with Gasteiger partial charge in [-0.15, -0.1) is 0 Å². The van der Waals surface area contributed by atoms with Crippen molar-refractivity contribution in [3.63, 3.8) is 0 Å². The van der Waals surface area contributed by atoms with E-state index in [4.69, 9.17) is 4.74 Å². The lowest BCUT2D eigenvalue weighted by atomic mass is 10.0. The Morgan fingerprint density at radius 2 is 1.81 bits per heavy atom. The van der Waals surface area contributed by atoms with Gasteiger partial charge in [-0.05, 0) is 35.9 Å². The second kappa shape index (κ2) is 7.13. The van der Waals surface area contributed by atoms with E-state index in [0.717, 1.165) is 26.2 Å². The van der Waals surface area contributed by atoms with Gasteiger partial charge in [-0.25, -0.2) is 4.39 Å². The molecule has 0 atom stereocenters. The smallest absolute Gasteiger partial charge is 0.231 e. The third kappa shape index (κ3) is 3.59. The molecule has 0 bridgehead atoms. The summed E-state index contributed by atoms with van der Waals surface area (Å²) in [7, 11) is 2.18. The van der Waals surface area contributed by atoms with E-state index in [-0.39, 0.29) is 23.1 Å². The first-order valence-corrected chi connectivity index (χ1v) is 9.21. The molecular weight excluding hydrogens is 347 g/mol. The molecule has 2 aromatic rings. The van der Waals surface area contributed by atoms with Crippen molar-refractivity contribution < 1.29 is 28.8 Å². The first kappa shape index (κ1) is 17.7. The predicted octanol–water partition coefficient (Wildman–Crippen LogP) is 0.0607.